The topological polar surface area (TPSA) is 118 Å². The summed E-state index contributed by atoms with van der Waals surface area (Å²) in [5.41, 5.74) is 3.10. The molecule has 0 saturated heterocycles. The highest BCUT2D eigenvalue weighted by atomic mass is 32.2. The number of aryl methyl sites for hydroxylation is 2. The lowest BCUT2D eigenvalue weighted by atomic mass is 9.95. The molecule has 0 bridgehead atoms. The number of thiophene rings is 1. The lowest BCUT2D eigenvalue weighted by Crippen LogP contribution is -2.17. The van der Waals surface area contributed by atoms with E-state index in [1.54, 1.807) is 20.8 Å². The predicted molar refractivity (Wildman–Crippen MR) is 126 cm³/mol. The smallest absolute Gasteiger partial charge is 0.348 e. The number of pyridine rings is 1. The molecule has 0 atom stereocenters. The molecule has 3 rings (SSSR count). The van der Waals surface area contributed by atoms with E-state index in [9.17, 15) is 19.6 Å². The third kappa shape index (κ3) is 5.72. The molecule has 0 unspecified atom stereocenters. The van der Waals surface area contributed by atoms with Crippen molar-refractivity contribution in [3.63, 3.8) is 0 Å². The van der Waals surface area contributed by atoms with E-state index >= 15 is 0 Å². The van der Waals surface area contributed by atoms with Crippen LogP contribution in [-0.2, 0) is 27.1 Å². The second kappa shape index (κ2) is 11.3. The SMILES string of the molecule is CCOC(=O)c1sc(NC(=O)CSc2nc3c(cc2C#N)CCCC3)c(C(=O)OCC)c1C. The molecular weight excluding hydrogens is 462 g/mol. The van der Waals surface area contributed by atoms with E-state index in [1.807, 2.05) is 6.07 Å². The Labute approximate surface area is 200 Å². The maximum absolute atomic E-state index is 12.7. The quantitative estimate of drug-likeness (QED) is 0.433. The van der Waals surface area contributed by atoms with Gasteiger partial charge in [0.2, 0.25) is 5.91 Å². The van der Waals surface area contributed by atoms with Crippen LogP contribution < -0.4 is 5.32 Å². The van der Waals surface area contributed by atoms with Gasteiger partial charge in [0.05, 0.1) is 30.1 Å². The third-order valence-electron chi connectivity index (χ3n) is 5.07. The summed E-state index contributed by atoms with van der Waals surface area (Å²) in [7, 11) is 0. The zero-order chi connectivity index (χ0) is 24.0. The number of fused-ring (bicyclic) bond motifs is 1. The van der Waals surface area contributed by atoms with Crippen LogP contribution in [0.25, 0.3) is 0 Å². The molecule has 1 aliphatic carbocycles. The number of hydrogen-bond donors (Lipinski definition) is 1. The Morgan fingerprint density at radius 1 is 1.18 bits per heavy atom. The van der Waals surface area contributed by atoms with Crippen LogP contribution in [0.3, 0.4) is 0 Å². The third-order valence-corrected chi connectivity index (χ3v) is 7.24. The van der Waals surface area contributed by atoms with Gasteiger partial charge in [-0.3, -0.25) is 4.79 Å². The lowest BCUT2D eigenvalue weighted by Gasteiger charge is -2.16. The maximum atomic E-state index is 12.7. The van der Waals surface area contributed by atoms with Crippen molar-refractivity contribution in [3.8, 4) is 6.07 Å². The number of rotatable bonds is 8. The van der Waals surface area contributed by atoms with Crippen molar-refractivity contribution in [2.75, 3.05) is 24.3 Å². The first-order chi connectivity index (χ1) is 15.9. The number of thioether (sulfide) groups is 1. The number of ether oxygens (including phenoxy) is 2. The number of amides is 1. The minimum atomic E-state index is -0.618. The first-order valence-electron chi connectivity index (χ1n) is 10.7. The molecule has 2 aromatic heterocycles. The first kappa shape index (κ1) is 24.7. The summed E-state index contributed by atoms with van der Waals surface area (Å²) in [6, 6.07) is 4.04. The molecule has 0 radical (unpaired) electrons. The average molecular weight is 488 g/mol. The van der Waals surface area contributed by atoms with Crippen molar-refractivity contribution in [2.24, 2.45) is 0 Å². The van der Waals surface area contributed by atoms with Gasteiger partial charge in [0.25, 0.3) is 0 Å². The fourth-order valence-corrected chi connectivity index (χ4v) is 5.42. The number of nitriles is 1. The minimum Gasteiger partial charge on any atom is -0.462 e. The summed E-state index contributed by atoms with van der Waals surface area (Å²) in [6.45, 7) is 5.34. The molecule has 8 nitrogen and oxygen atoms in total. The second-order valence-electron chi connectivity index (χ2n) is 7.30. The molecule has 0 fully saturated rings. The van der Waals surface area contributed by atoms with Crippen LogP contribution in [0.5, 0.6) is 0 Å². The normalized spacial score (nSPS) is 12.4. The van der Waals surface area contributed by atoms with Crippen LogP contribution >= 0.6 is 23.1 Å². The Bertz CT molecular complexity index is 1120. The van der Waals surface area contributed by atoms with Crippen molar-refractivity contribution in [2.45, 2.75) is 51.5 Å². The van der Waals surface area contributed by atoms with E-state index in [0.717, 1.165) is 48.3 Å². The van der Waals surface area contributed by atoms with Gasteiger partial charge in [-0.2, -0.15) is 5.26 Å². The average Bonchev–Trinajstić information content (AvgIpc) is 3.13. The van der Waals surface area contributed by atoms with Crippen LogP contribution in [0.15, 0.2) is 11.1 Å². The molecule has 0 aliphatic heterocycles. The molecule has 2 aromatic rings. The van der Waals surface area contributed by atoms with Gasteiger partial charge in [0, 0.05) is 5.69 Å². The fraction of sp³-hybridized carbons (Fsp3) is 0.435. The highest BCUT2D eigenvalue weighted by Crippen LogP contribution is 2.35. The molecule has 2 heterocycles. The Balaban J connectivity index is 1.79. The molecule has 10 heteroatoms. The highest BCUT2D eigenvalue weighted by molar-refractivity contribution is 8.00. The lowest BCUT2D eigenvalue weighted by molar-refractivity contribution is -0.113. The van der Waals surface area contributed by atoms with Gasteiger partial charge in [-0.25, -0.2) is 14.6 Å². The van der Waals surface area contributed by atoms with Crippen molar-refractivity contribution >= 4 is 45.9 Å². The predicted octanol–water partition coefficient (Wildman–Crippen LogP) is 4.29. The Morgan fingerprint density at radius 3 is 2.58 bits per heavy atom. The first-order valence-corrected chi connectivity index (χ1v) is 12.5. The number of nitrogens with zero attached hydrogens (tertiary/aromatic N) is 2. The summed E-state index contributed by atoms with van der Waals surface area (Å²) in [6.07, 6.45) is 3.94. The number of nitrogens with one attached hydrogen (secondary N) is 1. The Hall–Kier alpha value is -2.90. The number of carbonyl (C=O) groups excluding carboxylic acids is 3. The zero-order valence-electron chi connectivity index (χ0n) is 18.8. The van der Waals surface area contributed by atoms with E-state index in [1.165, 1.54) is 11.8 Å². The van der Waals surface area contributed by atoms with Gasteiger partial charge < -0.3 is 14.8 Å². The molecule has 33 heavy (non-hydrogen) atoms. The van der Waals surface area contributed by atoms with Crippen LogP contribution in [0, 0.1) is 18.3 Å². The second-order valence-corrected chi connectivity index (χ2v) is 9.29. The van der Waals surface area contributed by atoms with Gasteiger partial charge in [-0.15, -0.1) is 11.3 Å². The number of aromatic nitrogens is 1. The molecule has 0 saturated carbocycles. The van der Waals surface area contributed by atoms with E-state index < -0.39 is 11.9 Å². The Kier molecular flexibility index (Phi) is 8.47. The standard InChI is InChI=1S/C23H25N3O5S2/c1-4-30-22(28)18-13(3)19(23(29)31-5-2)33-21(18)26-17(27)12-32-20-15(11-24)10-14-8-6-7-9-16(14)25-20/h10H,4-9,12H2,1-3H3,(H,26,27). The van der Waals surface area contributed by atoms with Gasteiger partial charge >= 0.3 is 11.9 Å². The highest BCUT2D eigenvalue weighted by Gasteiger charge is 2.27. The summed E-state index contributed by atoms with van der Waals surface area (Å²) in [5, 5.41) is 13.0. The maximum Gasteiger partial charge on any atom is 0.348 e. The molecule has 0 aromatic carbocycles. The summed E-state index contributed by atoms with van der Waals surface area (Å²) in [4.78, 5) is 42.4. The fourth-order valence-electron chi connectivity index (χ4n) is 3.54. The monoisotopic (exact) mass is 487 g/mol. The van der Waals surface area contributed by atoms with Gasteiger partial charge in [0.1, 0.15) is 21.0 Å². The molecule has 174 valence electrons. The van der Waals surface area contributed by atoms with E-state index in [0.29, 0.717) is 16.2 Å². The number of hydrogen-bond acceptors (Lipinski definition) is 9. The van der Waals surface area contributed by atoms with E-state index in [2.05, 4.69) is 16.4 Å². The molecular formula is C23H25N3O5S2. The number of carbonyl (C=O) groups is 3. The molecule has 1 N–H and O–H groups in total. The summed E-state index contributed by atoms with van der Waals surface area (Å²) >= 11 is 2.15. The van der Waals surface area contributed by atoms with Crippen molar-refractivity contribution in [1.29, 1.82) is 5.26 Å². The van der Waals surface area contributed by atoms with Gasteiger partial charge in [-0.1, -0.05) is 11.8 Å². The zero-order valence-corrected chi connectivity index (χ0v) is 20.4. The van der Waals surface area contributed by atoms with Crippen LogP contribution in [-0.4, -0.2) is 41.8 Å². The van der Waals surface area contributed by atoms with Crippen LogP contribution in [0.4, 0.5) is 5.00 Å². The largest absolute Gasteiger partial charge is 0.462 e. The minimum absolute atomic E-state index is 0.00554. The van der Waals surface area contributed by atoms with Gasteiger partial charge in [0.15, 0.2) is 0 Å². The van der Waals surface area contributed by atoms with Crippen molar-refractivity contribution in [3.05, 3.63) is 38.9 Å². The Morgan fingerprint density at radius 2 is 1.88 bits per heavy atom. The molecule has 1 aliphatic rings. The van der Waals surface area contributed by atoms with E-state index in [-0.39, 0.29) is 40.3 Å². The summed E-state index contributed by atoms with van der Waals surface area (Å²) < 4.78 is 10.2. The van der Waals surface area contributed by atoms with Gasteiger partial charge in [-0.05, 0) is 63.6 Å². The molecule has 0 spiro atoms. The summed E-state index contributed by atoms with van der Waals surface area (Å²) in [5.74, 6) is -1.56. The van der Waals surface area contributed by atoms with Crippen LogP contribution in [0.2, 0.25) is 0 Å². The van der Waals surface area contributed by atoms with Crippen molar-refractivity contribution in [1.82, 2.24) is 4.98 Å². The number of anilines is 1. The number of esters is 2. The van der Waals surface area contributed by atoms with E-state index in [4.69, 9.17) is 9.47 Å². The van der Waals surface area contributed by atoms with Crippen LogP contribution in [0.1, 0.15) is 69.1 Å². The molecule has 1 amide bonds. The van der Waals surface area contributed by atoms with Crippen molar-refractivity contribution < 1.29 is 23.9 Å².